The molecule has 19 heavy (non-hydrogen) atoms. The average Bonchev–Trinajstić information content (AvgIpc) is 2.79. The van der Waals surface area contributed by atoms with E-state index in [1.54, 1.807) is 13.8 Å². The average molecular weight is 270 g/mol. The monoisotopic (exact) mass is 270 g/mol. The topological polar surface area (TPSA) is 89.8 Å². The third kappa shape index (κ3) is 2.72. The molecule has 2 fully saturated rings. The van der Waals surface area contributed by atoms with Gasteiger partial charge in [-0.1, -0.05) is 0 Å². The fourth-order valence-corrected chi connectivity index (χ4v) is 2.46. The molecule has 5 atom stereocenters. The number of carbonyl (C=O) groups is 1. The maximum atomic E-state index is 11.1. The van der Waals surface area contributed by atoms with Crippen molar-refractivity contribution in [2.45, 2.75) is 57.2 Å². The highest BCUT2D eigenvalue weighted by molar-refractivity contribution is 5.73. The summed E-state index contributed by atoms with van der Waals surface area (Å²) < 4.78 is 22.3. The molecule has 0 aromatic heterocycles. The molecule has 7 heteroatoms. The zero-order chi connectivity index (χ0) is 14.2. The molecular formula is C12H18N2O5. The van der Waals surface area contributed by atoms with Crippen LogP contribution < -0.4 is 5.32 Å². The van der Waals surface area contributed by atoms with E-state index in [4.69, 9.17) is 24.2 Å². The lowest BCUT2D eigenvalue weighted by molar-refractivity contribution is -0.228. The van der Waals surface area contributed by atoms with E-state index in [2.05, 4.69) is 5.32 Å². The molecule has 0 unspecified atom stereocenters. The van der Waals surface area contributed by atoms with Crippen molar-refractivity contribution < 1.29 is 23.7 Å². The quantitative estimate of drug-likeness (QED) is 0.770. The van der Waals surface area contributed by atoms with Crippen LogP contribution in [0.15, 0.2) is 0 Å². The predicted molar refractivity (Wildman–Crippen MR) is 62.7 cm³/mol. The van der Waals surface area contributed by atoms with E-state index in [0.29, 0.717) is 0 Å². The van der Waals surface area contributed by atoms with E-state index in [9.17, 15) is 4.79 Å². The maximum Gasteiger partial charge on any atom is 0.217 e. The number of nitrogens with one attached hydrogen (secondary N) is 1. The lowest BCUT2D eigenvalue weighted by Gasteiger charge is -2.25. The van der Waals surface area contributed by atoms with Gasteiger partial charge in [-0.2, -0.15) is 5.26 Å². The van der Waals surface area contributed by atoms with Crippen LogP contribution in [0.3, 0.4) is 0 Å². The normalized spacial score (nSPS) is 37.4. The molecule has 0 aliphatic carbocycles. The SMILES string of the molecule is CO[C@H]1O[C@H]([C@@H](C#N)NC(C)=O)[C@@H]2OC(C)(C)O[C@H]12. The Balaban J connectivity index is 2.18. The number of methoxy groups -OCH3 is 1. The van der Waals surface area contributed by atoms with Crippen LogP contribution in [0.4, 0.5) is 0 Å². The molecule has 0 aromatic carbocycles. The van der Waals surface area contributed by atoms with Crippen molar-refractivity contribution in [3.63, 3.8) is 0 Å². The number of fused-ring (bicyclic) bond motifs is 1. The Bertz CT molecular complexity index is 405. The molecule has 0 bridgehead atoms. The van der Waals surface area contributed by atoms with Crippen molar-refractivity contribution in [2.75, 3.05) is 7.11 Å². The van der Waals surface area contributed by atoms with Crippen LogP contribution in [-0.2, 0) is 23.7 Å². The first-order valence-electron chi connectivity index (χ1n) is 6.08. The molecule has 2 saturated heterocycles. The molecule has 106 valence electrons. The van der Waals surface area contributed by atoms with Crippen molar-refractivity contribution in [1.82, 2.24) is 5.32 Å². The van der Waals surface area contributed by atoms with Crippen LogP contribution in [0, 0.1) is 11.3 Å². The number of hydrogen-bond donors (Lipinski definition) is 1. The summed E-state index contributed by atoms with van der Waals surface area (Å²) in [6, 6.07) is 1.21. The van der Waals surface area contributed by atoms with Crippen molar-refractivity contribution in [2.24, 2.45) is 0 Å². The Hall–Kier alpha value is -1.20. The first kappa shape index (κ1) is 14.2. The number of ether oxygens (including phenoxy) is 4. The highest BCUT2D eigenvalue weighted by Gasteiger charge is 2.57. The number of hydrogen-bond acceptors (Lipinski definition) is 6. The summed E-state index contributed by atoms with van der Waals surface area (Å²) in [6.45, 7) is 4.92. The summed E-state index contributed by atoms with van der Waals surface area (Å²) in [6.07, 6.45) is -2.09. The summed E-state index contributed by atoms with van der Waals surface area (Å²) in [5.74, 6) is -1.06. The lowest BCUT2D eigenvalue weighted by Crippen LogP contribution is -2.47. The van der Waals surface area contributed by atoms with E-state index in [1.807, 2.05) is 6.07 Å². The first-order valence-corrected chi connectivity index (χ1v) is 6.08. The zero-order valence-electron chi connectivity index (χ0n) is 11.4. The van der Waals surface area contributed by atoms with Crippen LogP contribution in [0.2, 0.25) is 0 Å². The number of carbonyl (C=O) groups excluding carboxylic acids is 1. The van der Waals surface area contributed by atoms with E-state index in [1.165, 1.54) is 14.0 Å². The Morgan fingerprint density at radius 1 is 1.42 bits per heavy atom. The molecule has 0 radical (unpaired) electrons. The van der Waals surface area contributed by atoms with Crippen molar-refractivity contribution in [1.29, 1.82) is 5.26 Å². The van der Waals surface area contributed by atoms with Gasteiger partial charge in [0.1, 0.15) is 24.4 Å². The second-order valence-electron chi connectivity index (χ2n) is 5.08. The predicted octanol–water partition coefficient (Wildman–Crippen LogP) is -0.0939. The first-order chi connectivity index (χ1) is 8.88. The highest BCUT2D eigenvalue weighted by Crippen LogP contribution is 2.39. The van der Waals surface area contributed by atoms with Gasteiger partial charge in [0.15, 0.2) is 12.1 Å². The van der Waals surface area contributed by atoms with Gasteiger partial charge in [-0.05, 0) is 13.8 Å². The summed E-state index contributed by atoms with van der Waals surface area (Å²) in [5, 5.41) is 11.7. The van der Waals surface area contributed by atoms with Gasteiger partial charge >= 0.3 is 0 Å². The van der Waals surface area contributed by atoms with Crippen molar-refractivity contribution >= 4 is 5.91 Å². The molecule has 0 aromatic rings. The molecule has 7 nitrogen and oxygen atoms in total. The van der Waals surface area contributed by atoms with E-state index < -0.39 is 36.4 Å². The van der Waals surface area contributed by atoms with Crippen LogP contribution in [0.25, 0.3) is 0 Å². The Kier molecular flexibility index (Phi) is 3.78. The molecule has 2 aliphatic rings. The summed E-state index contributed by atoms with van der Waals surface area (Å²) >= 11 is 0. The van der Waals surface area contributed by atoms with Crippen molar-refractivity contribution in [3.05, 3.63) is 0 Å². The van der Waals surface area contributed by atoms with Gasteiger partial charge in [0.25, 0.3) is 0 Å². The van der Waals surface area contributed by atoms with Gasteiger partial charge in [-0.15, -0.1) is 0 Å². The minimum Gasteiger partial charge on any atom is -0.353 e. The molecule has 0 spiro atoms. The number of nitriles is 1. The van der Waals surface area contributed by atoms with Gasteiger partial charge in [-0.25, -0.2) is 0 Å². The minimum absolute atomic E-state index is 0.300. The zero-order valence-corrected chi connectivity index (χ0v) is 11.4. The van der Waals surface area contributed by atoms with Gasteiger partial charge in [0.05, 0.1) is 6.07 Å². The molecular weight excluding hydrogens is 252 g/mol. The van der Waals surface area contributed by atoms with E-state index in [0.717, 1.165) is 0 Å². The largest absolute Gasteiger partial charge is 0.353 e. The van der Waals surface area contributed by atoms with Gasteiger partial charge in [0, 0.05) is 14.0 Å². The highest BCUT2D eigenvalue weighted by atomic mass is 16.8. The Morgan fingerprint density at radius 2 is 2.05 bits per heavy atom. The van der Waals surface area contributed by atoms with E-state index in [-0.39, 0.29) is 5.91 Å². The molecule has 2 aliphatic heterocycles. The van der Waals surface area contributed by atoms with Gasteiger partial charge in [0.2, 0.25) is 5.91 Å². The standard InChI is InChI=1S/C12H18N2O5/c1-6(15)14-7(5-13)8-9-10(11(16-4)17-8)19-12(2,3)18-9/h7-11H,1-4H3,(H,14,15)/t7-,8-,9+,10+,11+/m1/s1. The van der Waals surface area contributed by atoms with E-state index >= 15 is 0 Å². The molecule has 2 rings (SSSR count). The summed E-state index contributed by atoms with van der Waals surface area (Å²) in [7, 11) is 1.50. The second-order valence-corrected chi connectivity index (χ2v) is 5.08. The summed E-state index contributed by atoms with van der Waals surface area (Å²) in [5.41, 5.74) is 0. The van der Waals surface area contributed by atoms with Gasteiger partial charge in [-0.3, -0.25) is 4.79 Å². The van der Waals surface area contributed by atoms with Gasteiger partial charge < -0.3 is 24.3 Å². The molecule has 2 heterocycles. The number of amides is 1. The minimum atomic E-state index is -0.803. The number of nitrogens with zero attached hydrogens (tertiary/aromatic N) is 1. The maximum absolute atomic E-state index is 11.1. The fourth-order valence-electron chi connectivity index (χ4n) is 2.46. The third-order valence-electron chi connectivity index (χ3n) is 3.11. The third-order valence-corrected chi connectivity index (χ3v) is 3.11. The van der Waals surface area contributed by atoms with Crippen LogP contribution in [0.1, 0.15) is 20.8 Å². The van der Waals surface area contributed by atoms with Crippen LogP contribution in [0.5, 0.6) is 0 Å². The molecule has 1 N–H and O–H groups in total. The Morgan fingerprint density at radius 3 is 2.58 bits per heavy atom. The lowest BCUT2D eigenvalue weighted by atomic mass is 10.0. The fraction of sp³-hybridized carbons (Fsp3) is 0.833. The molecule has 0 saturated carbocycles. The number of rotatable bonds is 3. The van der Waals surface area contributed by atoms with Crippen LogP contribution in [-0.4, -0.2) is 49.4 Å². The van der Waals surface area contributed by atoms with Crippen LogP contribution >= 0.6 is 0 Å². The molecule has 1 amide bonds. The summed E-state index contributed by atoms with van der Waals surface area (Å²) in [4.78, 5) is 11.1. The van der Waals surface area contributed by atoms with Crippen molar-refractivity contribution in [3.8, 4) is 6.07 Å². The second kappa shape index (κ2) is 5.06. The Labute approximate surface area is 111 Å². The smallest absolute Gasteiger partial charge is 0.217 e.